The molecule has 2 aliphatic heterocycles. The molecule has 8 nitrogen and oxygen atoms in total. The van der Waals surface area contributed by atoms with Crippen molar-refractivity contribution in [1.29, 1.82) is 0 Å². The average Bonchev–Trinajstić information content (AvgIpc) is 3.78. The largest absolute Gasteiger partial charge is 0.508 e. The van der Waals surface area contributed by atoms with Crippen molar-refractivity contribution in [1.82, 2.24) is 19.6 Å². The SMILES string of the molecule is C[C@@H]1CN(C(c2cccc(O)c2)c2cccc(C(=O)N3CCN(CCCCC(=O)O)CC3)c2)[C@@H](C)CN1CC1CC1. The van der Waals surface area contributed by atoms with Crippen LogP contribution in [0.1, 0.15) is 73.5 Å². The molecule has 2 heterocycles. The predicted molar refractivity (Wildman–Crippen MR) is 160 cm³/mol. The summed E-state index contributed by atoms with van der Waals surface area (Å²) in [6.07, 6.45) is 4.48. The standard InChI is InChI=1S/C33H46N4O4/c1-24-22-37(25(2)21-36(24)23-26-12-13-26)32(28-8-6-10-30(38)20-28)27-7-5-9-29(19-27)33(41)35-17-15-34(16-18-35)14-4-3-11-31(39)40/h5-10,19-20,24-26,32,38H,3-4,11-18,21-23H2,1-2H3,(H,39,40)/t24-,25+,32?/m1/s1. The van der Waals surface area contributed by atoms with E-state index in [2.05, 4.69) is 46.7 Å². The van der Waals surface area contributed by atoms with Crippen LogP contribution in [0.2, 0.25) is 0 Å². The fourth-order valence-corrected chi connectivity index (χ4v) is 6.55. The van der Waals surface area contributed by atoms with Gasteiger partial charge in [0.15, 0.2) is 0 Å². The number of aromatic hydroxyl groups is 1. The number of amides is 1. The number of nitrogens with zero attached hydrogens (tertiary/aromatic N) is 4. The molecule has 2 aromatic rings. The fraction of sp³-hybridized carbons (Fsp3) is 0.576. The molecule has 8 heteroatoms. The van der Waals surface area contributed by atoms with E-state index in [1.807, 2.05) is 29.2 Å². The third-order valence-electron chi connectivity index (χ3n) is 9.09. The summed E-state index contributed by atoms with van der Waals surface area (Å²) in [6, 6.07) is 16.4. The summed E-state index contributed by atoms with van der Waals surface area (Å²) in [5.41, 5.74) is 2.82. The second-order valence-corrected chi connectivity index (χ2v) is 12.4. The van der Waals surface area contributed by atoms with Gasteiger partial charge in [0.2, 0.25) is 0 Å². The Balaban J connectivity index is 1.30. The number of piperazine rings is 2. The van der Waals surface area contributed by atoms with Gasteiger partial charge in [0, 0.05) is 69.9 Å². The lowest BCUT2D eigenvalue weighted by Gasteiger charge is -2.48. The summed E-state index contributed by atoms with van der Waals surface area (Å²) < 4.78 is 0. The van der Waals surface area contributed by atoms with Crippen LogP contribution >= 0.6 is 0 Å². The second kappa shape index (κ2) is 13.4. The van der Waals surface area contributed by atoms with Crippen molar-refractivity contribution in [2.45, 2.75) is 64.1 Å². The number of phenols is 1. The van der Waals surface area contributed by atoms with Crippen LogP contribution in [0.15, 0.2) is 48.5 Å². The number of aliphatic carboxylic acids is 1. The van der Waals surface area contributed by atoms with Gasteiger partial charge in [-0.25, -0.2) is 0 Å². The maximum atomic E-state index is 13.6. The lowest BCUT2D eigenvalue weighted by atomic mass is 9.92. The molecule has 2 aromatic carbocycles. The van der Waals surface area contributed by atoms with Crippen molar-refractivity contribution < 1.29 is 19.8 Å². The quantitative estimate of drug-likeness (QED) is 0.395. The topological polar surface area (TPSA) is 87.6 Å². The number of phenolic OH excluding ortho intramolecular Hbond substituents is 1. The first-order valence-electron chi connectivity index (χ1n) is 15.4. The van der Waals surface area contributed by atoms with Crippen molar-refractivity contribution in [2.75, 3.05) is 52.4 Å². The lowest BCUT2D eigenvalue weighted by Crippen LogP contribution is -2.57. The first kappa shape index (κ1) is 29.5. The minimum absolute atomic E-state index is 0.0574. The van der Waals surface area contributed by atoms with Crippen LogP contribution in [0.5, 0.6) is 5.75 Å². The van der Waals surface area contributed by atoms with E-state index in [1.165, 1.54) is 19.4 Å². The molecule has 1 saturated carbocycles. The predicted octanol–water partition coefficient (Wildman–Crippen LogP) is 4.30. The van der Waals surface area contributed by atoms with E-state index in [4.69, 9.17) is 5.11 Å². The molecule has 3 atom stereocenters. The molecule has 41 heavy (non-hydrogen) atoms. The molecule has 0 radical (unpaired) electrons. The molecule has 0 aromatic heterocycles. The van der Waals surface area contributed by atoms with Gasteiger partial charge in [0.05, 0.1) is 6.04 Å². The van der Waals surface area contributed by atoms with Gasteiger partial charge in [0.25, 0.3) is 5.91 Å². The van der Waals surface area contributed by atoms with Crippen molar-refractivity contribution in [3.05, 3.63) is 65.2 Å². The van der Waals surface area contributed by atoms with Crippen LogP contribution in [-0.4, -0.2) is 106 Å². The smallest absolute Gasteiger partial charge is 0.303 e. The van der Waals surface area contributed by atoms with Crippen LogP contribution in [0.4, 0.5) is 0 Å². The third-order valence-corrected chi connectivity index (χ3v) is 9.09. The van der Waals surface area contributed by atoms with Gasteiger partial charge in [-0.2, -0.15) is 0 Å². The molecule has 222 valence electrons. The Labute approximate surface area is 244 Å². The number of unbranched alkanes of at least 4 members (excludes halogenated alkanes) is 1. The highest BCUT2D eigenvalue weighted by Crippen LogP contribution is 2.37. The number of carbonyl (C=O) groups excluding carboxylic acids is 1. The summed E-state index contributed by atoms with van der Waals surface area (Å²) >= 11 is 0. The van der Waals surface area contributed by atoms with E-state index in [0.29, 0.717) is 37.2 Å². The number of hydrogen-bond donors (Lipinski definition) is 2. The number of benzene rings is 2. The summed E-state index contributed by atoms with van der Waals surface area (Å²) in [4.78, 5) is 33.9. The van der Waals surface area contributed by atoms with Crippen LogP contribution in [-0.2, 0) is 4.79 Å². The van der Waals surface area contributed by atoms with Gasteiger partial charge in [-0.3, -0.25) is 24.3 Å². The number of carbonyl (C=O) groups is 2. The van der Waals surface area contributed by atoms with E-state index in [1.54, 1.807) is 6.07 Å². The Morgan fingerprint density at radius 2 is 1.61 bits per heavy atom. The van der Waals surface area contributed by atoms with Gasteiger partial charge in [-0.15, -0.1) is 0 Å². The van der Waals surface area contributed by atoms with E-state index in [0.717, 1.165) is 56.2 Å². The summed E-state index contributed by atoms with van der Waals surface area (Å²) in [6.45, 7) is 11.6. The van der Waals surface area contributed by atoms with Gasteiger partial charge < -0.3 is 15.1 Å². The Bertz CT molecular complexity index is 1190. The maximum absolute atomic E-state index is 13.6. The summed E-state index contributed by atoms with van der Waals surface area (Å²) in [7, 11) is 0. The maximum Gasteiger partial charge on any atom is 0.303 e. The summed E-state index contributed by atoms with van der Waals surface area (Å²) in [5, 5.41) is 19.2. The highest BCUT2D eigenvalue weighted by Gasteiger charge is 2.37. The van der Waals surface area contributed by atoms with Gasteiger partial charge >= 0.3 is 5.97 Å². The molecule has 0 bridgehead atoms. The third kappa shape index (κ3) is 7.67. The Kier molecular flexibility index (Phi) is 9.63. The van der Waals surface area contributed by atoms with Crippen LogP contribution in [0.3, 0.4) is 0 Å². The monoisotopic (exact) mass is 562 g/mol. The number of hydrogen-bond acceptors (Lipinski definition) is 6. The molecular weight excluding hydrogens is 516 g/mol. The van der Waals surface area contributed by atoms with E-state index < -0.39 is 5.97 Å². The first-order chi connectivity index (χ1) is 19.8. The molecule has 3 aliphatic rings. The van der Waals surface area contributed by atoms with Gasteiger partial charge in [-0.05, 0) is 87.4 Å². The van der Waals surface area contributed by atoms with Gasteiger partial charge in [0.1, 0.15) is 5.75 Å². The summed E-state index contributed by atoms with van der Waals surface area (Å²) in [5.74, 6) is 0.435. The molecule has 5 rings (SSSR count). The molecule has 1 amide bonds. The van der Waals surface area contributed by atoms with Crippen molar-refractivity contribution in [3.63, 3.8) is 0 Å². The molecular formula is C33H46N4O4. The highest BCUT2D eigenvalue weighted by molar-refractivity contribution is 5.94. The molecule has 3 fully saturated rings. The van der Waals surface area contributed by atoms with E-state index >= 15 is 0 Å². The normalized spacial score (nSPS) is 23.4. The average molecular weight is 563 g/mol. The van der Waals surface area contributed by atoms with Crippen LogP contribution in [0.25, 0.3) is 0 Å². The van der Waals surface area contributed by atoms with Crippen molar-refractivity contribution in [2.24, 2.45) is 5.92 Å². The Hall–Kier alpha value is -2.94. The minimum Gasteiger partial charge on any atom is -0.508 e. The number of carboxylic acids is 1. The van der Waals surface area contributed by atoms with Crippen LogP contribution < -0.4 is 0 Å². The van der Waals surface area contributed by atoms with E-state index in [9.17, 15) is 14.7 Å². The van der Waals surface area contributed by atoms with Crippen molar-refractivity contribution >= 4 is 11.9 Å². The van der Waals surface area contributed by atoms with E-state index in [-0.39, 0.29) is 24.1 Å². The molecule has 1 unspecified atom stereocenters. The Morgan fingerprint density at radius 1 is 0.902 bits per heavy atom. The highest BCUT2D eigenvalue weighted by atomic mass is 16.4. The minimum atomic E-state index is -0.742. The molecule has 2 N–H and O–H groups in total. The zero-order valence-electron chi connectivity index (χ0n) is 24.6. The Morgan fingerprint density at radius 3 is 2.29 bits per heavy atom. The zero-order chi connectivity index (χ0) is 28.9. The van der Waals surface area contributed by atoms with Crippen molar-refractivity contribution in [3.8, 4) is 5.75 Å². The van der Waals surface area contributed by atoms with Gasteiger partial charge in [-0.1, -0.05) is 24.3 Å². The molecule has 2 saturated heterocycles. The first-order valence-corrected chi connectivity index (χ1v) is 15.4. The molecule has 0 spiro atoms. The number of carboxylic acid groups (broad SMARTS) is 1. The second-order valence-electron chi connectivity index (χ2n) is 12.4. The molecule has 1 aliphatic carbocycles. The zero-order valence-corrected chi connectivity index (χ0v) is 24.6. The fourth-order valence-electron chi connectivity index (χ4n) is 6.55. The lowest BCUT2D eigenvalue weighted by molar-refractivity contribution is -0.137. The number of rotatable bonds is 11. The van der Waals surface area contributed by atoms with Crippen LogP contribution in [0, 0.1) is 5.92 Å².